The Balaban J connectivity index is 2.28. The molecule has 1 aliphatic heterocycles. The molecule has 0 unspecified atom stereocenters. The first kappa shape index (κ1) is 45.0. The first-order valence-electron chi connectivity index (χ1n) is 18.7. The first-order valence-corrected chi connectivity index (χ1v) is 18.7. The number of carbonyl (C=O) groups is 4. The SMILES string of the molecule is CC[C@H](C)[C@@H]([C@@H](CC(=O)N1C[C@H](OC)C[C@@H]1[C@H](OC)[C@@H](C)C(=O)NCCc1cccc(F)c1)OC)N(C)C(=O)[C@@H](NC(=O)[C@@H](NC)C(C)C)C(C)C. The number of hydrogen-bond acceptors (Lipinski definition) is 8. The van der Waals surface area contributed by atoms with Crippen LogP contribution in [0.5, 0.6) is 0 Å². The van der Waals surface area contributed by atoms with Crippen molar-refractivity contribution in [3.8, 4) is 0 Å². The third kappa shape index (κ3) is 11.9. The number of hydrogen-bond donors (Lipinski definition) is 3. The third-order valence-electron chi connectivity index (χ3n) is 10.7. The molecule has 2 rings (SSSR count). The standard InChI is InChI=1S/C39H66FN5O7/c1-13-25(6)35(44(9)39(49)34(24(4)5)43-38(48)33(41-8)23(2)3)31(51-11)21-32(46)45-22-29(50-10)20-30(45)36(52-12)26(7)37(47)42-18-17-27-15-14-16-28(40)19-27/h14-16,19,23-26,29-31,33-36,41H,13,17-18,20-22H2,1-12H3,(H,42,47)(H,43,48)/t25-,26+,29+,30+,31+,33-,34-,35-,36+/m0/s1. The summed E-state index contributed by atoms with van der Waals surface area (Å²) in [4.78, 5) is 58.3. The molecule has 12 nitrogen and oxygen atoms in total. The average molecular weight is 736 g/mol. The molecule has 13 heteroatoms. The number of amides is 4. The maximum atomic E-state index is 14.3. The van der Waals surface area contributed by atoms with Gasteiger partial charge in [0.2, 0.25) is 23.6 Å². The van der Waals surface area contributed by atoms with Crippen LogP contribution in [0.2, 0.25) is 0 Å². The van der Waals surface area contributed by atoms with Crippen molar-refractivity contribution in [3.63, 3.8) is 0 Å². The van der Waals surface area contributed by atoms with Crippen molar-refractivity contribution in [1.29, 1.82) is 0 Å². The Bertz CT molecular complexity index is 1300. The molecule has 1 aromatic rings. The Morgan fingerprint density at radius 2 is 1.63 bits per heavy atom. The van der Waals surface area contributed by atoms with E-state index in [1.54, 1.807) is 51.1 Å². The predicted octanol–water partition coefficient (Wildman–Crippen LogP) is 3.41. The van der Waals surface area contributed by atoms with Gasteiger partial charge in [0.1, 0.15) is 11.9 Å². The number of nitrogens with zero attached hydrogens (tertiary/aromatic N) is 2. The number of rotatable bonds is 21. The zero-order valence-electron chi connectivity index (χ0n) is 33.5. The first-order chi connectivity index (χ1) is 24.6. The van der Waals surface area contributed by atoms with Crippen LogP contribution in [0.4, 0.5) is 4.39 Å². The Hall–Kier alpha value is -3.13. The molecule has 1 aliphatic rings. The number of halogens is 1. The fourth-order valence-electron chi connectivity index (χ4n) is 7.38. The molecule has 9 atom stereocenters. The monoisotopic (exact) mass is 735 g/mol. The molecule has 0 aromatic heterocycles. The van der Waals surface area contributed by atoms with E-state index in [4.69, 9.17) is 14.2 Å². The summed E-state index contributed by atoms with van der Waals surface area (Å²) in [6.07, 6.45) is 0.108. The summed E-state index contributed by atoms with van der Waals surface area (Å²) in [5.41, 5.74) is 0.778. The highest BCUT2D eigenvalue weighted by Crippen LogP contribution is 2.31. The van der Waals surface area contributed by atoms with E-state index >= 15 is 0 Å². The number of benzene rings is 1. The van der Waals surface area contributed by atoms with Gasteiger partial charge < -0.3 is 40.0 Å². The molecule has 1 fully saturated rings. The minimum Gasteiger partial charge on any atom is -0.380 e. The van der Waals surface area contributed by atoms with Gasteiger partial charge in [-0.25, -0.2) is 4.39 Å². The molecule has 1 heterocycles. The van der Waals surface area contributed by atoms with Crippen LogP contribution in [0.1, 0.15) is 73.3 Å². The minimum absolute atomic E-state index is 0.0193. The van der Waals surface area contributed by atoms with Crippen LogP contribution in [0.15, 0.2) is 24.3 Å². The van der Waals surface area contributed by atoms with Crippen LogP contribution in [-0.2, 0) is 39.8 Å². The number of methoxy groups -OCH3 is 3. The molecule has 4 amide bonds. The van der Waals surface area contributed by atoms with Gasteiger partial charge in [-0.05, 0) is 55.3 Å². The fourth-order valence-corrected chi connectivity index (χ4v) is 7.38. The third-order valence-corrected chi connectivity index (χ3v) is 10.7. The second-order valence-electron chi connectivity index (χ2n) is 14.9. The molecular formula is C39H66FN5O7. The van der Waals surface area contributed by atoms with Gasteiger partial charge in [-0.2, -0.15) is 0 Å². The lowest BCUT2D eigenvalue weighted by Gasteiger charge is -2.41. The topological polar surface area (TPSA) is 139 Å². The molecule has 0 aliphatic carbocycles. The second kappa shape index (κ2) is 21.5. The predicted molar refractivity (Wildman–Crippen MR) is 200 cm³/mol. The van der Waals surface area contributed by atoms with E-state index in [2.05, 4.69) is 16.0 Å². The van der Waals surface area contributed by atoms with Crippen molar-refractivity contribution >= 4 is 23.6 Å². The van der Waals surface area contributed by atoms with Crippen molar-refractivity contribution < 1.29 is 37.8 Å². The van der Waals surface area contributed by atoms with Crippen LogP contribution in [0, 0.1) is 29.5 Å². The quantitative estimate of drug-likeness (QED) is 0.175. The highest BCUT2D eigenvalue weighted by molar-refractivity contribution is 5.90. The van der Waals surface area contributed by atoms with Crippen molar-refractivity contribution in [3.05, 3.63) is 35.6 Å². The summed E-state index contributed by atoms with van der Waals surface area (Å²) in [6, 6.07) is 4.11. The molecule has 296 valence electrons. The molecule has 52 heavy (non-hydrogen) atoms. The number of ether oxygens (including phenoxy) is 3. The fraction of sp³-hybridized carbons (Fsp3) is 0.744. The summed E-state index contributed by atoms with van der Waals surface area (Å²) in [7, 11) is 8.11. The van der Waals surface area contributed by atoms with Crippen molar-refractivity contribution in [2.24, 2.45) is 23.7 Å². The van der Waals surface area contributed by atoms with E-state index in [0.717, 1.165) is 12.0 Å². The normalized spacial score (nSPS) is 20.2. The lowest BCUT2D eigenvalue weighted by Crippen LogP contribution is -2.59. The molecular weight excluding hydrogens is 669 g/mol. The van der Waals surface area contributed by atoms with Gasteiger partial charge in [0.15, 0.2) is 0 Å². The van der Waals surface area contributed by atoms with E-state index in [9.17, 15) is 23.6 Å². The summed E-state index contributed by atoms with van der Waals surface area (Å²) in [6.45, 7) is 14.1. The smallest absolute Gasteiger partial charge is 0.245 e. The van der Waals surface area contributed by atoms with Crippen LogP contribution in [0.25, 0.3) is 0 Å². The Kier molecular flexibility index (Phi) is 18.7. The second-order valence-corrected chi connectivity index (χ2v) is 14.9. The molecule has 0 bridgehead atoms. The number of carbonyl (C=O) groups excluding carboxylic acids is 4. The van der Waals surface area contributed by atoms with Gasteiger partial charge in [-0.15, -0.1) is 0 Å². The van der Waals surface area contributed by atoms with Crippen LogP contribution in [0.3, 0.4) is 0 Å². The van der Waals surface area contributed by atoms with E-state index in [-0.39, 0.29) is 59.7 Å². The molecule has 3 N–H and O–H groups in total. The van der Waals surface area contributed by atoms with Crippen LogP contribution in [-0.4, -0.2) is 124 Å². The summed E-state index contributed by atoms with van der Waals surface area (Å²) >= 11 is 0. The van der Waals surface area contributed by atoms with E-state index < -0.39 is 42.3 Å². The molecule has 0 saturated carbocycles. The maximum Gasteiger partial charge on any atom is 0.245 e. The van der Waals surface area contributed by atoms with E-state index in [0.29, 0.717) is 25.9 Å². The lowest BCUT2D eigenvalue weighted by molar-refractivity contribution is -0.147. The molecule has 0 spiro atoms. The van der Waals surface area contributed by atoms with Gasteiger partial charge in [-0.1, -0.05) is 67.0 Å². The number of nitrogens with one attached hydrogen (secondary N) is 3. The average Bonchev–Trinajstić information content (AvgIpc) is 3.54. The van der Waals surface area contributed by atoms with Crippen LogP contribution < -0.4 is 16.0 Å². The van der Waals surface area contributed by atoms with Gasteiger partial charge in [-0.3, -0.25) is 19.2 Å². The van der Waals surface area contributed by atoms with Crippen molar-refractivity contribution in [1.82, 2.24) is 25.8 Å². The van der Waals surface area contributed by atoms with Crippen molar-refractivity contribution in [2.45, 2.75) is 117 Å². The molecule has 0 radical (unpaired) electrons. The van der Waals surface area contributed by atoms with E-state index in [1.807, 2.05) is 47.6 Å². The lowest BCUT2D eigenvalue weighted by atomic mass is 9.89. The summed E-state index contributed by atoms with van der Waals surface area (Å²) in [5, 5.41) is 8.96. The molecule has 1 aromatic carbocycles. The largest absolute Gasteiger partial charge is 0.380 e. The van der Waals surface area contributed by atoms with Crippen molar-refractivity contribution in [2.75, 3.05) is 48.5 Å². The summed E-state index contributed by atoms with van der Waals surface area (Å²) in [5.74, 6) is -2.07. The highest BCUT2D eigenvalue weighted by atomic mass is 19.1. The maximum absolute atomic E-state index is 14.3. The zero-order valence-corrected chi connectivity index (χ0v) is 33.5. The summed E-state index contributed by atoms with van der Waals surface area (Å²) < 4.78 is 31.2. The number of likely N-dealkylation sites (N-methyl/N-ethyl adjacent to an activating group) is 2. The van der Waals surface area contributed by atoms with Gasteiger partial charge in [0.05, 0.1) is 48.8 Å². The highest BCUT2D eigenvalue weighted by Gasteiger charge is 2.45. The Morgan fingerprint density at radius 3 is 2.15 bits per heavy atom. The Labute approximate surface area is 311 Å². The van der Waals surface area contributed by atoms with E-state index in [1.165, 1.54) is 19.2 Å². The minimum atomic E-state index is -0.777. The van der Waals surface area contributed by atoms with Gasteiger partial charge in [0.25, 0.3) is 0 Å². The number of likely N-dealkylation sites (tertiary alicyclic amines) is 1. The van der Waals surface area contributed by atoms with Gasteiger partial charge in [0, 0.05) is 41.5 Å². The Morgan fingerprint density at radius 1 is 0.981 bits per heavy atom. The zero-order chi connectivity index (χ0) is 39.3. The molecule has 1 saturated heterocycles. The van der Waals surface area contributed by atoms with Gasteiger partial charge >= 0.3 is 0 Å². The van der Waals surface area contributed by atoms with Crippen LogP contribution >= 0.6 is 0 Å².